The lowest BCUT2D eigenvalue weighted by Gasteiger charge is -2.09. The summed E-state index contributed by atoms with van der Waals surface area (Å²) in [5.74, 6) is 6.52. The highest BCUT2D eigenvalue weighted by Gasteiger charge is 2.07. The molecule has 0 saturated heterocycles. The van der Waals surface area contributed by atoms with E-state index in [0.29, 0.717) is 17.2 Å². The Kier molecular flexibility index (Phi) is 3.59. The lowest BCUT2D eigenvalue weighted by molar-refractivity contribution is 0.458. The van der Waals surface area contributed by atoms with Gasteiger partial charge in [0.25, 0.3) is 0 Å². The van der Waals surface area contributed by atoms with Crippen LogP contribution in [0.3, 0.4) is 0 Å². The predicted molar refractivity (Wildman–Crippen MR) is 70.5 cm³/mol. The monoisotopic (exact) mass is 255 g/mol. The van der Waals surface area contributed by atoms with Gasteiger partial charge in [-0.2, -0.15) is 10.2 Å². The Morgan fingerprint density at radius 2 is 2.05 bits per heavy atom. The van der Waals surface area contributed by atoms with Crippen molar-refractivity contribution in [3.05, 3.63) is 41.1 Å². The summed E-state index contributed by atoms with van der Waals surface area (Å²) in [5.41, 5.74) is 4.55. The molecule has 0 unspecified atom stereocenters. The van der Waals surface area contributed by atoms with E-state index in [9.17, 15) is 0 Å². The van der Waals surface area contributed by atoms with Gasteiger partial charge in [-0.15, -0.1) is 0 Å². The van der Waals surface area contributed by atoms with Crippen molar-refractivity contribution in [1.82, 2.24) is 9.97 Å². The second-order valence-corrected chi connectivity index (χ2v) is 4.01. The number of benzene rings is 1. The van der Waals surface area contributed by atoms with Crippen LogP contribution in [0, 0.1) is 25.2 Å². The summed E-state index contributed by atoms with van der Waals surface area (Å²) < 4.78 is 5.68. The Hall–Kier alpha value is -2.65. The van der Waals surface area contributed by atoms with Crippen molar-refractivity contribution in [2.24, 2.45) is 5.84 Å². The maximum atomic E-state index is 8.89. The van der Waals surface area contributed by atoms with Crippen LogP contribution in [0.15, 0.2) is 24.3 Å². The van der Waals surface area contributed by atoms with Gasteiger partial charge >= 0.3 is 0 Å². The standard InChI is InChI=1S/C13H13N5O/c1-8-3-4-10(7-14)6-11(8)19-12-5-9(2)16-13(17-12)18-15/h3-6H,15H2,1-2H3,(H,16,17,18). The number of aryl methyl sites for hydroxylation is 2. The van der Waals surface area contributed by atoms with Gasteiger partial charge < -0.3 is 4.74 Å². The number of nitrogens with one attached hydrogen (secondary N) is 1. The smallest absolute Gasteiger partial charge is 0.240 e. The van der Waals surface area contributed by atoms with Crippen molar-refractivity contribution in [2.75, 3.05) is 5.43 Å². The van der Waals surface area contributed by atoms with Crippen LogP contribution in [0.1, 0.15) is 16.8 Å². The minimum absolute atomic E-state index is 0.282. The zero-order chi connectivity index (χ0) is 13.8. The molecule has 0 fully saturated rings. The Bertz CT molecular complexity index is 648. The normalized spacial score (nSPS) is 9.79. The van der Waals surface area contributed by atoms with E-state index >= 15 is 0 Å². The SMILES string of the molecule is Cc1cc(Oc2cc(C#N)ccc2C)nc(NN)n1. The van der Waals surface area contributed by atoms with E-state index in [0.717, 1.165) is 11.3 Å². The number of hydrazine groups is 1. The summed E-state index contributed by atoms with van der Waals surface area (Å²) in [4.78, 5) is 8.16. The minimum atomic E-state index is 0.282. The van der Waals surface area contributed by atoms with Gasteiger partial charge in [0.1, 0.15) is 5.75 Å². The lowest BCUT2D eigenvalue weighted by atomic mass is 10.1. The third-order valence-corrected chi connectivity index (χ3v) is 2.49. The van der Waals surface area contributed by atoms with E-state index in [2.05, 4.69) is 21.5 Å². The molecule has 0 aliphatic rings. The van der Waals surface area contributed by atoms with Crippen molar-refractivity contribution in [1.29, 1.82) is 5.26 Å². The zero-order valence-corrected chi connectivity index (χ0v) is 10.6. The fraction of sp³-hybridized carbons (Fsp3) is 0.154. The third kappa shape index (κ3) is 2.97. The summed E-state index contributed by atoms with van der Waals surface area (Å²) in [6.07, 6.45) is 0. The van der Waals surface area contributed by atoms with Crippen LogP contribution >= 0.6 is 0 Å². The molecule has 0 atom stereocenters. The van der Waals surface area contributed by atoms with Gasteiger partial charge in [-0.3, -0.25) is 5.43 Å². The fourth-order valence-corrected chi connectivity index (χ4v) is 1.55. The largest absolute Gasteiger partial charge is 0.439 e. The van der Waals surface area contributed by atoms with E-state index in [-0.39, 0.29) is 5.95 Å². The van der Waals surface area contributed by atoms with E-state index < -0.39 is 0 Å². The van der Waals surface area contributed by atoms with E-state index in [1.807, 2.05) is 19.9 Å². The van der Waals surface area contributed by atoms with Gasteiger partial charge in [-0.25, -0.2) is 10.8 Å². The summed E-state index contributed by atoms with van der Waals surface area (Å²) >= 11 is 0. The number of hydrogen-bond acceptors (Lipinski definition) is 6. The van der Waals surface area contributed by atoms with Crippen LogP contribution in [-0.4, -0.2) is 9.97 Å². The Labute approximate surface area is 110 Å². The maximum Gasteiger partial charge on any atom is 0.240 e. The number of rotatable bonds is 3. The van der Waals surface area contributed by atoms with Crippen LogP contribution in [0.4, 0.5) is 5.95 Å². The van der Waals surface area contributed by atoms with Crippen LogP contribution in [0.5, 0.6) is 11.6 Å². The highest BCUT2D eigenvalue weighted by molar-refractivity contribution is 5.43. The number of ether oxygens (including phenoxy) is 1. The van der Waals surface area contributed by atoms with E-state index in [1.165, 1.54) is 0 Å². The van der Waals surface area contributed by atoms with Gasteiger partial charge in [0.15, 0.2) is 0 Å². The van der Waals surface area contributed by atoms with Crippen molar-refractivity contribution < 1.29 is 4.74 Å². The molecular weight excluding hydrogens is 242 g/mol. The molecule has 0 bridgehead atoms. The lowest BCUT2D eigenvalue weighted by Crippen LogP contribution is -2.11. The second-order valence-electron chi connectivity index (χ2n) is 4.01. The molecular formula is C13H13N5O. The molecule has 96 valence electrons. The summed E-state index contributed by atoms with van der Waals surface area (Å²) in [5, 5.41) is 8.89. The van der Waals surface area contributed by atoms with E-state index in [1.54, 1.807) is 18.2 Å². The van der Waals surface area contributed by atoms with Gasteiger partial charge in [0, 0.05) is 11.8 Å². The second kappa shape index (κ2) is 5.33. The third-order valence-electron chi connectivity index (χ3n) is 2.49. The molecule has 0 aliphatic heterocycles. The van der Waals surface area contributed by atoms with Crippen LogP contribution in [-0.2, 0) is 0 Å². The number of hydrogen-bond donors (Lipinski definition) is 2. The first-order chi connectivity index (χ1) is 9.12. The average Bonchev–Trinajstić information content (AvgIpc) is 2.40. The van der Waals surface area contributed by atoms with Gasteiger partial charge in [-0.05, 0) is 31.5 Å². The first-order valence-corrected chi connectivity index (χ1v) is 5.63. The van der Waals surface area contributed by atoms with Gasteiger partial charge in [0.2, 0.25) is 11.8 Å². The molecule has 0 spiro atoms. The first kappa shape index (κ1) is 12.8. The Morgan fingerprint density at radius 1 is 1.26 bits per heavy atom. The number of nitrogen functional groups attached to an aromatic ring is 1. The van der Waals surface area contributed by atoms with Crippen LogP contribution in [0.2, 0.25) is 0 Å². The Morgan fingerprint density at radius 3 is 2.74 bits per heavy atom. The molecule has 2 rings (SSSR count). The average molecular weight is 255 g/mol. The molecule has 3 N–H and O–H groups in total. The molecule has 6 nitrogen and oxygen atoms in total. The van der Waals surface area contributed by atoms with Crippen molar-refractivity contribution in [3.63, 3.8) is 0 Å². The molecule has 1 heterocycles. The summed E-state index contributed by atoms with van der Waals surface area (Å²) in [6.45, 7) is 3.71. The number of anilines is 1. The molecule has 0 amide bonds. The number of nitrogens with zero attached hydrogens (tertiary/aromatic N) is 3. The molecule has 0 saturated carbocycles. The number of nitrogens with two attached hydrogens (primary N) is 1. The van der Waals surface area contributed by atoms with Crippen molar-refractivity contribution in [2.45, 2.75) is 13.8 Å². The van der Waals surface area contributed by atoms with Crippen LogP contribution < -0.4 is 16.0 Å². The summed E-state index contributed by atoms with van der Waals surface area (Å²) in [7, 11) is 0. The number of nitriles is 1. The molecule has 19 heavy (non-hydrogen) atoms. The maximum absolute atomic E-state index is 8.89. The zero-order valence-electron chi connectivity index (χ0n) is 10.6. The van der Waals surface area contributed by atoms with Gasteiger partial charge in [0.05, 0.1) is 11.6 Å². The molecule has 0 aliphatic carbocycles. The highest BCUT2D eigenvalue weighted by Crippen LogP contribution is 2.25. The fourth-order valence-electron chi connectivity index (χ4n) is 1.55. The molecule has 2 aromatic rings. The number of aromatic nitrogens is 2. The van der Waals surface area contributed by atoms with Crippen molar-refractivity contribution in [3.8, 4) is 17.7 Å². The minimum Gasteiger partial charge on any atom is -0.439 e. The predicted octanol–water partition coefficient (Wildman–Crippen LogP) is 2.04. The summed E-state index contributed by atoms with van der Waals surface area (Å²) in [6, 6.07) is 8.99. The molecule has 0 radical (unpaired) electrons. The van der Waals surface area contributed by atoms with E-state index in [4.69, 9.17) is 15.8 Å². The van der Waals surface area contributed by atoms with Crippen LogP contribution in [0.25, 0.3) is 0 Å². The molecule has 1 aromatic heterocycles. The highest BCUT2D eigenvalue weighted by atomic mass is 16.5. The Balaban J connectivity index is 2.36. The van der Waals surface area contributed by atoms with Gasteiger partial charge in [-0.1, -0.05) is 6.07 Å². The molecule has 1 aromatic carbocycles. The topological polar surface area (TPSA) is 96.8 Å². The first-order valence-electron chi connectivity index (χ1n) is 5.63. The van der Waals surface area contributed by atoms with Crippen molar-refractivity contribution >= 4 is 5.95 Å². The quantitative estimate of drug-likeness (QED) is 0.643. The molecule has 6 heteroatoms.